The first-order chi connectivity index (χ1) is 12.4. The summed E-state index contributed by atoms with van der Waals surface area (Å²) < 4.78 is 5.76. The van der Waals surface area contributed by atoms with Crippen LogP contribution in [0, 0.1) is 5.92 Å². The monoisotopic (exact) mass is 380 g/mol. The molecule has 3 rings (SSSR count). The molecular formula is C19H25ClN2O4. The zero-order valence-corrected chi connectivity index (χ0v) is 15.7. The minimum absolute atomic E-state index is 0.0343. The molecule has 2 aliphatic rings. The molecule has 1 aromatic carbocycles. The van der Waals surface area contributed by atoms with Crippen LogP contribution in [0.4, 0.5) is 0 Å². The summed E-state index contributed by atoms with van der Waals surface area (Å²) in [5.74, 6) is -0.0718. The number of likely N-dealkylation sites (tertiary alicyclic amines) is 1. The van der Waals surface area contributed by atoms with E-state index in [9.17, 15) is 9.59 Å². The molecule has 1 saturated heterocycles. The van der Waals surface area contributed by atoms with Gasteiger partial charge >= 0.3 is 5.97 Å². The average Bonchev–Trinajstić information content (AvgIpc) is 2.86. The van der Waals surface area contributed by atoms with Gasteiger partial charge in [-0.3, -0.25) is 14.5 Å². The van der Waals surface area contributed by atoms with Crippen LogP contribution < -0.4 is 4.74 Å². The lowest BCUT2D eigenvalue weighted by atomic mass is 9.95. The molecule has 7 heteroatoms. The molecule has 2 aliphatic heterocycles. The van der Waals surface area contributed by atoms with Gasteiger partial charge in [-0.15, -0.1) is 0 Å². The third kappa shape index (κ3) is 4.48. The number of rotatable bonds is 4. The summed E-state index contributed by atoms with van der Waals surface area (Å²) in [6.45, 7) is 1.81. The zero-order valence-electron chi connectivity index (χ0n) is 15.0. The van der Waals surface area contributed by atoms with E-state index in [0.717, 1.165) is 37.1 Å². The van der Waals surface area contributed by atoms with Gasteiger partial charge in [-0.05, 0) is 56.5 Å². The lowest BCUT2D eigenvalue weighted by molar-refractivity contribution is -0.139. The van der Waals surface area contributed by atoms with Gasteiger partial charge in [0, 0.05) is 24.2 Å². The van der Waals surface area contributed by atoms with Crippen molar-refractivity contribution in [1.29, 1.82) is 0 Å². The standard InChI is InChI=1S/C19H25ClN2O4/c1-21(11-18(23)24)16-3-2-7-22(8-6-16)19(25)14-9-13-10-15(20)4-5-17(13)26-12-14/h4-5,10,14,16H,2-3,6-9,11-12H2,1H3,(H,23,24). The Balaban J connectivity index is 1.59. The second-order valence-corrected chi connectivity index (χ2v) is 7.62. The number of fused-ring (bicyclic) bond motifs is 1. The van der Waals surface area contributed by atoms with E-state index in [1.165, 1.54) is 0 Å². The van der Waals surface area contributed by atoms with Gasteiger partial charge in [0.2, 0.25) is 5.91 Å². The molecule has 0 spiro atoms. The van der Waals surface area contributed by atoms with Gasteiger partial charge in [-0.2, -0.15) is 0 Å². The van der Waals surface area contributed by atoms with Crippen LogP contribution in [0.3, 0.4) is 0 Å². The van der Waals surface area contributed by atoms with E-state index < -0.39 is 5.97 Å². The number of benzene rings is 1. The van der Waals surface area contributed by atoms with Crippen molar-refractivity contribution < 1.29 is 19.4 Å². The summed E-state index contributed by atoms with van der Waals surface area (Å²) in [5.41, 5.74) is 0.982. The molecule has 26 heavy (non-hydrogen) atoms. The van der Waals surface area contributed by atoms with Crippen LogP contribution >= 0.6 is 11.6 Å². The Kier molecular flexibility index (Phi) is 6.04. The Labute approximate surface area is 158 Å². The van der Waals surface area contributed by atoms with Crippen molar-refractivity contribution in [2.75, 3.05) is 33.3 Å². The van der Waals surface area contributed by atoms with Crippen LogP contribution in [0.15, 0.2) is 18.2 Å². The zero-order chi connectivity index (χ0) is 18.7. The van der Waals surface area contributed by atoms with Crippen LogP contribution in [0.25, 0.3) is 0 Å². The topological polar surface area (TPSA) is 70.1 Å². The molecule has 142 valence electrons. The Hall–Kier alpha value is -1.79. The predicted molar refractivity (Wildman–Crippen MR) is 98.6 cm³/mol. The van der Waals surface area contributed by atoms with E-state index in [1.807, 2.05) is 29.0 Å². The van der Waals surface area contributed by atoms with E-state index in [-0.39, 0.29) is 24.4 Å². The fraction of sp³-hybridized carbons (Fsp3) is 0.579. The number of carboxylic acid groups (broad SMARTS) is 1. The number of carboxylic acids is 1. The molecule has 0 aromatic heterocycles. The van der Waals surface area contributed by atoms with E-state index in [2.05, 4.69) is 0 Å². The van der Waals surface area contributed by atoms with E-state index in [1.54, 1.807) is 6.07 Å². The van der Waals surface area contributed by atoms with Crippen molar-refractivity contribution in [3.63, 3.8) is 0 Å². The highest BCUT2D eigenvalue weighted by Crippen LogP contribution is 2.31. The van der Waals surface area contributed by atoms with Crippen molar-refractivity contribution >= 4 is 23.5 Å². The number of nitrogens with zero attached hydrogens (tertiary/aromatic N) is 2. The molecule has 6 nitrogen and oxygen atoms in total. The normalized spacial score (nSPS) is 23.1. The van der Waals surface area contributed by atoms with Gasteiger partial charge in [0.25, 0.3) is 0 Å². The minimum Gasteiger partial charge on any atom is -0.492 e. The molecule has 1 amide bonds. The maximum Gasteiger partial charge on any atom is 0.317 e. The van der Waals surface area contributed by atoms with Crippen LogP contribution in [0.5, 0.6) is 5.75 Å². The predicted octanol–water partition coefficient (Wildman–Crippen LogP) is 2.29. The fourth-order valence-corrected chi connectivity index (χ4v) is 4.06. The summed E-state index contributed by atoms with van der Waals surface area (Å²) in [4.78, 5) is 27.7. The Morgan fingerprint density at radius 2 is 2.15 bits per heavy atom. The van der Waals surface area contributed by atoms with Gasteiger partial charge < -0.3 is 14.7 Å². The van der Waals surface area contributed by atoms with E-state index >= 15 is 0 Å². The second-order valence-electron chi connectivity index (χ2n) is 7.18. The highest BCUT2D eigenvalue weighted by molar-refractivity contribution is 6.30. The van der Waals surface area contributed by atoms with Crippen LogP contribution in [-0.4, -0.2) is 66.1 Å². The molecule has 0 saturated carbocycles. The average molecular weight is 381 g/mol. The quantitative estimate of drug-likeness (QED) is 0.867. The summed E-state index contributed by atoms with van der Waals surface area (Å²) in [6.07, 6.45) is 3.24. The van der Waals surface area contributed by atoms with Crippen molar-refractivity contribution in [2.45, 2.75) is 31.7 Å². The summed E-state index contributed by atoms with van der Waals surface area (Å²) in [5, 5.41) is 9.62. The Morgan fingerprint density at radius 1 is 1.35 bits per heavy atom. The first kappa shape index (κ1) is 19.0. The number of likely N-dealkylation sites (N-methyl/N-ethyl adjacent to an activating group) is 1. The van der Waals surface area contributed by atoms with Crippen LogP contribution in [-0.2, 0) is 16.0 Å². The van der Waals surface area contributed by atoms with E-state index in [4.69, 9.17) is 21.4 Å². The van der Waals surface area contributed by atoms with Crippen molar-refractivity contribution in [1.82, 2.24) is 9.80 Å². The molecule has 2 heterocycles. The minimum atomic E-state index is -0.818. The Morgan fingerprint density at radius 3 is 2.92 bits per heavy atom. The SMILES string of the molecule is CN(CC(=O)O)C1CCCN(C(=O)C2COc3ccc(Cl)cc3C2)CC1. The molecule has 0 aliphatic carbocycles. The number of aliphatic carboxylic acids is 1. The maximum atomic E-state index is 13.0. The molecule has 1 fully saturated rings. The molecule has 2 unspecified atom stereocenters. The number of carbonyl (C=O) groups excluding carboxylic acids is 1. The first-order valence-electron chi connectivity index (χ1n) is 9.06. The lowest BCUT2D eigenvalue weighted by Crippen LogP contribution is -2.42. The van der Waals surface area contributed by atoms with Gasteiger partial charge in [-0.1, -0.05) is 11.6 Å². The number of carbonyl (C=O) groups is 2. The number of halogens is 1. The molecule has 2 atom stereocenters. The first-order valence-corrected chi connectivity index (χ1v) is 9.44. The molecular weight excluding hydrogens is 356 g/mol. The summed E-state index contributed by atoms with van der Waals surface area (Å²) >= 11 is 6.06. The van der Waals surface area contributed by atoms with Gasteiger partial charge in [0.05, 0.1) is 12.5 Å². The van der Waals surface area contributed by atoms with E-state index in [0.29, 0.717) is 24.6 Å². The number of hydrogen-bond acceptors (Lipinski definition) is 4. The molecule has 0 bridgehead atoms. The molecule has 1 N–H and O–H groups in total. The van der Waals surface area contributed by atoms with Gasteiger partial charge in [0.1, 0.15) is 12.4 Å². The van der Waals surface area contributed by atoms with Gasteiger partial charge in [0.15, 0.2) is 0 Å². The molecule has 0 radical (unpaired) electrons. The lowest BCUT2D eigenvalue weighted by Gasteiger charge is -2.30. The van der Waals surface area contributed by atoms with Crippen molar-refractivity contribution in [3.8, 4) is 5.75 Å². The highest BCUT2D eigenvalue weighted by Gasteiger charge is 2.31. The Bertz CT molecular complexity index is 682. The highest BCUT2D eigenvalue weighted by atomic mass is 35.5. The number of ether oxygens (including phenoxy) is 1. The summed E-state index contributed by atoms with van der Waals surface area (Å²) in [7, 11) is 1.84. The maximum absolute atomic E-state index is 13.0. The van der Waals surface area contributed by atoms with Crippen molar-refractivity contribution in [2.24, 2.45) is 5.92 Å². The third-order valence-corrected chi connectivity index (χ3v) is 5.53. The number of hydrogen-bond donors (Lipinski definition) is 1. The fourth-order valence-electron chi connectivity index (χ4n) is 3.86. The summed E-state index contributed by atoms with van der Waals surface area (Å²) in [6, 6.07) is 5.72. The smallest absolute Gasteiger partial charge is 0.317 e. The van der Waals surface area contributed by atoms with Crippen molar-refractivity contribution in [3.05, 3.63) is 28.8 Å². The largest absolute Gasteiger partial charge is 0.492 e. The second kappa shape index (κ2) is 8.27. The molecule has 1 aromatic rings. The third-order valence-electron chi connectivity index (χ3n) is 5.30. The van der Waals surface area contributed by atoms with Gasteiger partial charge in [-0.25, -0.2) is 0 Å². The van der Waals surface area contributed by atoms with Crippen LogP contribution in [0.2, 0.25) is 5.02 Å². The number of amides is 1. The van der Waals surface area contributed by atoms with Crippen LogP contribution in [0.1, 0.15) is 24.8 Å².